The van der Waals surface area contributed by atoms with Crippen LogP contribution in [0.3, 0.4) is 0 Å². The van der Waals surface area contributed by atoms with Gasteiger partial charge in [0.1, 0.15) is 21.6 Å². The van der Waals surface area contributed by atoms with Gasteiger partial charge in [0, 0.05) is 0 Å². The van der Waals surface area contributed by atoms with Gasteiger partial charge in [0.25, 0.3) is 0 Å². The van der Waals surface area contributed by atoms with E-state index in [9.17, 15) is 27.3 Å². The Bertz CT molecular complexity index is 951. The van der Waals surface area contributed by atoms with E-state index in [4.69, 9.17) is 4.74 Å². The summed E-state index contributed by atoms with van der Waals surface area (Å²) in [6, 6.07) is 14.8. The molecule has 2 rings (SSSR count). The van der Waals surface area contributed by atoms with Crippen LogP contribution in [-0.2, 0) is 27.5 Å². The van der Waals surface area contributed by atoms with Crippen LogP contribution in [0.5, 0.6) is 11.5 Å². The summed E-state index contributed by atoms with van der Waals surface area (Å²) < 4.78 is 50.0. The normalized spacial score (nSPS) is 12.0. The van der Waals surface area contributed by atoms with Crippen molar-refractivity contribution in [3.05, 3.63) is 59.7 Å². The number of benzene rings is 2. The van der Waals surface area contributed by atoms with E-state index in [2.05, 4.69) is 6.92 Å². The van der Waals surface area contributed by atoms with E-state index in [-0.39, 0.29) is 161 Å². The molecule has 0 saturated heterocycles. The molecule has 0 amide bonds. The Kier molecular flexibility index (Phi) is 20.7. The van der Waals surface area contributed by atoms with Gasteiger partial charge < -0.3 is 23.6 Å². The van der Waals surface area contributed by atoms with Crippen LogP contribution in [0.25, 0.3) is 0 Å². The van der Waals surface area contributed by atoms with Crippen LogP contribution in [0.4, 0.5) is 0 Å². The first-order chi connectivity index (χ1) is 13.1. The van der Waals surface area contributed by atoms with Crippen LogP contribution in [0.15, 0.2) is 48.5 Å². The summed E-state index contributed by atoms with van der Waals surface area (Å²) in [5.74, 6) is 1.34. The van der Waals surface area contributed by atoms with E-state index < -0.39 is 29.1 Å². The second kappa shape index (κ2) is 17.6. The molecule has 1 unspecified atom stereocenters. The maximum atomic E-state index is 11.0. The molecular weight excluding hydrogens is 521 g/mol. The second-order valence-corrected chi connectivity index (χ2v) is 10.1. The maximum Gasteiger partial charge on any atom is 1.00 e. The van der Waals surface area contributed by atoms with E-state index in [0.717, 1.165) is 29.7 Å². The van der Waals surface area contributed by atoms with Crippen molar-refractivity contribution in [3.63, 3.8) is 0 Å². The number of hydrogen-bond donors (Lipinski definition) is 0. The summed E-state index contributed by atoms with van der Waals surface area (Å²) in [5, 5.41) is 0. The minimum atomic E-state index is -5.51. The second-order valence-electron chi connectivity index (χ2n) is 6.49. The van der Waals surface area contributed by atoms with Crippen LogP contribution in [0.1, 0.15) is 37.3 Å². The molecule has 154 valence electrons. The predicted octanol–water partition coefficient (Wildman–Crippen LogP) is -6.45. The zero-order valence-electron chi connectivity index (χ0n) is 18.4. The van der Waals surface area contributed by atoms with E-state index in [1.165, 1.54) is 0 Å². The van der Waals surface area contributed by atoms with Crippen LogP contribution in [0, 0.1) is 0 Å². The van der Waals surface area contributed by atoms with Crippen molar-refractivity contribution in [2.24, 2.45) is 0 Å². The third-order valence-electron chi connectivity index (χ3n) is 4.22. The number of ether oxygens (including phenoxy) is 1. The van der Waals surface area contributed by atoms with Crippen LogP contribution in [0.2, 0.25) is 0 Å². The van der Waals surface area contributed by atoms with E-state index in [1.54, 1.807) is 24.3 Å². The third-order valence-corrected chi connectivity index (χ3v) is 7.64. The SMILES string of the molecule is CCCc1ccccc1Oc1cccc(CCCC(P(=O)([O-])[O-])S(=O)(=O)[O-])c1.[K+].[K+].[K+]. The van der Waals surface area contributed by atoms with Crippen molar-refractivity contribution in [3.8, 4) is 11.5 Å². The van der Waals surface area contributed by atoms with Gasteiger partial charge in [0.05, 0.1) is 4.99 Å². The van der Waals surface area contributed by atoms with Crippen molar-refractivity contribution in [1.82, 2.24) is 0 Å². The molecule has 0 bridgehead atoms. The average Bonchev–Trinajstić information content (AvgIpc) is 2.59. The Morgan fingerprint density at radius 2 is 1.65 bits per heavy atom. The van der Waals surface area contributed by atoms with Crippen molar-refractivity contribution in [2.75, 3.05) is 0 Å². The topological polar surface area (TPSA) is 130 Å². The van der Waals surface area contributed by atoms with Gasteiger partial charge in [0.2, 0.25) is 0 Å². The molecule has 0 N–H and O–H groups in total. The smallest absolute Gasteiger partial charge is 0.810 e. The fourth-order valence-electron chi connectivity index (χ4n) is 2.91. The number of hydrogen-bond acceptors (Lipinski definition) is 7. The Balaban J connectivity index is 0. The molecule has 0 spiro atoms. The fraction of sp³-hybridized carbons (Fsp3) is 0.368. The molecule has 7 nitrogen and oxygen atoms in total. The summed E-state index contributed by atoms with van der Waals surface area (Å²) in [6.07, 6.45) is 1.70. The summed E-state index contributed by atoms with van der Waals surface area (Å²) >= 11 is 0. The first kappa shape index (κ1) is 36.4. The molecule has 2 aromatic carbocycles. The Morgan fingerprint density at radius 1 is 1.00 bits per heavy atom. The third kappa shape index (κ3) is 13.4. The molecular formula is C19H22K3O7PS. The molecule has 0 radical (unpaired) electrons. The molecule has 0 aliphatic rings. The Morgan fingerprint density at radius 3 is 2.23 bits per heavy atom. The first-order valence-electron chi connectivity index (χ1n) is 8.92. The van der Waals surface area contributed by atoms with Crippen molar-refractivity contribution in [2.45, 2.75) is 44.0 Å². The van der Waals surface area contributed by atoms with Crippen molar-refractivity contribution < 1.29 is 186 Å². The average molecular weight is 543 g/mol. The van der Waals surface area contributed by atoms with E-state index in [0.29, 0.717) is 12.2 Å². The molecule has 12 heteroatoms. The zero-order chi connectivity index (χ0) is 20.8. The van der Waals surface area contributed by atoms with Crippen molar-refractivity contribution >= 4 is 17.7 Å². The molecule has 0 fully saturated rings. The quantitative estimate of drug-likeness (QED) is 0.166. The van der Waals surface area contributed by atoms with Gasteiger partial charge in [-0.15, -0.1) is 0 Å². The number of aryl methyl sites for hydroxylation is 2. The molecule has 2 aromatic rings. The van der Waals surface area contributed by atoms with Crippen LogP contribution < -0.4 is 169 Å². The van der Waals surface area contributed by atoms with Gasteiger partial charge >= 0.3 is 154 Å². The van der Waals surface area contributed by atoms with E-state index >= 15 is 0 Å². The molecule has 0 aliphatic carbocycles. The largest absolute Gasteiger partial charge is 1.00 e. The summed E-state index contributed by atoms with van der Waals surface area (Å²) in [5.41, 5.74) is 1.86. The minimum absolute atomic E-state index is 0. The van der Waals surface area contributed by atoms with Gasteiger partial charge in [0.15, 0.2) is 0 Å². The Labute approximate surface area is 312 Å². The predicted molar refractivity (Wildman–Crippen MR) is 101 cm³/mol. The molecule has 31 heavy (non-hydrogen) atoms. The molecule has 0 saturated carbocycles. The minimum Gasteiger partial charge on any atom is -0.810 e. The summed E-state index contributed by atoms with van der Waals surface area (Å²) in [6.45, 7) is 2.08. The molecule has 0 aromatic heterocycles. The first-order valence-corrected chi connectivity index (χ1v) is 12.0. The van der Waals surface area contributed by atoms with Gasteiger partial charge in [-0.05, 0) is 55.0 Å². The van der Waals surface area contributed by atoms with Gasteiger partial charge in [-0.2, -0.15) is 0 Å². The van der Waals surface area contributed by atoms with Gasteiger partial charge in [-0.3, -0.25) is 0 Å². The van der Waals surface area contributed by atoms with Gasteiger partial charge in [-0.25, -0.2) is 8.42 Å². The number of para-hydroxylation sites is 1. The maximum absolute atomic E-state index is 11.0. The molecule has 1 atom stereocenters. The van der Waals surface area contributed by atoms with Gasteiger partial charge in [-0.1, -0.05) is 51.3 Å². The van der Waals surface area contributed by atoms with E-state index in [1.807, 2.05) is 24.3 Å². The molecule has 0 aliphatic heterocycles. The van der Waals surface area contributed by atoms with Crippen molar-refractivity contribution in [1.29, 1.82) is 0 Å². The van der Waals surface area contributed by atoms with Crippen LogP contribution >= 0.6 is 7.60 Å². The summed E-state index contributed by atoms with van der Waals surface area (Å²) in [7, 11) is -10.7. The number of rotatable bonds is 10. The zero-order valence-corrected chi connectivity index (χ0v) is 29.5. The standard InChI is InChI=1S/C19H25O7PS.3K/c1-2-7-16-10-3-4-12-18(16)26-17-11-5-8-15(14-17)9-6-13-19(27(20,21)22)28(23,24)25;;;/h3-5,8,10-12,14,19H,2,6-7,9,13H2,1H3,(H2,20,21,22)(H,23,24,25);;;/q;3*+1/p-3. The molecule has 0 heterocycles. The monoisotopic (exact) mass is 542 g/mol. The Hall–Kier alpha value is 3.21. The fourth-order valence-corrected chi connectivity index (χ4v) is 5.13. The summed E-state index contributed by atoms with van der Waals surface area (Å²) in [4.78, 5) is 19.6. The van der Waals surface area contributed by atoms with Crippen LogP contribution in [-0.4, -0.2) is 18.0 Å².